The molecule has 0 aliphatic carbocycles. The van der Waals surface area contributed by atoms with Crippen LogP contribution in [-0.4, -0.2) is 25.3 Å². The number of aromatic nitrogens is 2. The molecule has 114 valence electrons. The van der Waals surface area contributed by atoms with Crippen molar-refractivity contribution in [3.05, 3.63) is 29.6 Å². The van der Waals surface area contributed by atoms with E-state index < -0.39 is 10.0 Å². The summed E-state index contributed by atoms with van der Waals surface area (Å²) in [6, 6.07) is 2.99. The first-order valence-corrected chi connectivity index (χ1v) is 7.70. The molecule has 0 aliphatic heterocycles. The van der Waals surface area contributed by atoms with Crippen LogP contribution in [-0.2, 0) is 17.1 Å². The van der Waals surface area contributed by atoms with Crippen LogP contribution in [0.25, 0.3) is 0 Å². The Bertz CT molecular complexity index is 781. The lowest BCUT2D eigenvalue weighted by Gasteiger charge is -2.13. The second-order valence-electron chi connectivity index (χ2n) is 4.77. The van der Waals surface area contributed by atoms with Gasteiger partial charge in [0.05, 0.1) is 18.5 Å². The molecule has 8 heteroatoms. The Morgan fingerprint density at radius 1 is 1.33 bits per heavy atom. The Morgan fingerprint density at radius 2 is 2.00 bits per heavy atom. The van der Waals surface area contributed by atoms with Gasteiger partial charge in [0.15, 0.2) is 0 Å². The van der Waals surface area contributed by atoms with Crippen LogP contribution in [0.2, 0.25) is 0 Å². The second-order valence-corrected chi connectivity index (χ2v) is 6.42. The smallest absolute Gasteiger partial charge is 0.265 e. The summed E-state index contributed by atoms with van der Waals surface area (Å²) in [5.74, 6) is 0.246. The average molecular weight is 310 g/mol. The molecule has 0 atom stereocenters. The molecule has 0 saturated carbocycles. The van der Waals surface area contributed by atoms with Crippen LogP contribution < -0.4 is 15.2 Å². The summed E-state index contributed by atoms with van der Waals surface area (Å²) in [5, 5.41) is 4.10. The van der Waals surface area contributed by atoms with Crippen molar-refractivity contribution in [1.82, 2.24) is 9.78 Å². The molecule has 3 N–H and O–H groups in total. The molecule has 7 nitrogen and oxygen atoms in total. The van der Waals surface area contributed by atoms with Crippen LogP contribution in [0.1, 0.15) is 11.3 Å². The van der Waals surface area contributed by atoms with Crippen molar-refractivity contribution >= 4 is 21.4 Å². The Hall–Kier alpha value is -2.22. The van der Waals surface area contributed by atoms with Crippen LogP contribution in [0.4, 0.5) is 11.4 Å². The first kappa shape index (κ1) is 15.2. The van der Waals surface area contributed by atoms with Gasteiger partial charge in [0, 0.05) is 18.9 Å². The van der Waals surface area contributed by atoms with Gasteiger partial charge in [-0.2, -0.15) is 5.10 Å². The summed E-state index contributed by atoms with van der Waals surface area (Å²) >= 11 is 0. The van der Waals surface area contributed by atoms with E-state index in [1.54, 1.807) is 33.2 Å². The first-order valence-electron chi connectivity index (χ1n) is 6.22. The molecule has 0 radical (unpaired) electrons. The molecule has 21 heavy (non-hydrogen) atoms. The number of benzene rings is 1. The summed E-state index contributed by atoms with van der Waals surface area (Å²) in [6.45, 7) is 3.51. The van der Waals surface area contributed by atoms with Crippen LogP contribution in [0.3, 0.4) is 0 Å². The van der Waals surface area contributed by atoms with E-state index >= 15 is 0 Å². The fourth-order valence-electron chi connectivity index (χ4n) is 1.95. The van der Waals surface area contributed by atoms with Gasteiger partial charge in [-0.25, -0.2) is 8.42 Å². The number of nitrogens with one attached hydrogen (secondary N) is 1. The number of nitrogens with two attached hydrogens (primary N) is 1. The SMILES string of the molecule is COc1cc(C)c(N)cc1S(=O)(=O)Nc1cn(C)nc1C. The molecule has 0 fully saturated rings. The molecular weight excluding hydrogens is 292 g/mol. The van der Waals surface area contributed by atoms with Crippen LogP contribution in [0.5, 0.6) is 5.75 Å². The molecule has 2 rings (SSSR count). The fourth-order valence-corrected chi connectivity index (χ4v) is 3.24. The standard InChI is InChI=1S/C13H18N4O3S/c1-8-5-12(20-4)13(6-10(8)14)21(18,19)16-11-7-17(3)15-9(11)2/h5-7,16H,14H2,1-4H3. The predicted molar refractivity (Wildman–Crippen MR) is 80.9 cm³/mol. The quantitative estimate of drug-likeness (QED) is 0.832. The normalized spacial score (nSPS) is 11.4. The zero-order valence-corrected chi connectivity index (χ0v) is 13.2. The zero-order valence-electron chi connectivity index (χ0n) is 12.3. The fraction of sp³-hybridized carbons (Fsp3) is 0.308. The molecule has 0 saturated heterocycles. The van der Waals surface area contributed by atoms with Gasteiger partial charge >= 0.3 is 0 Å². The predicted octanol–water partition coefficient (Wildman–Crippen LogP) is 1.43. The number of nitrogens with zero attached hydrogens (tertiary/aromatic N) is 2. The Balaban J connectivity index is 2.49. The van der Waals surface area contributed by atoms with E-state index in [-0.39, 0.29) is 10.6 Å². The topological polar surface area (TPSA) is 99.2 Å². The molecule has 1 aromatic heterocycles. The van der Waals surface area contributed by atoms with Gasteiger partial charge in [-0.3, -0.25) is 9.40 Å². The Morgan fingerprint density at radius 3 is 2.52 bits per heavy atom. The lowest BCUT2D eigenvalue weighted by molar-refractivity contribution is 0.402. The van der Waals surface area contributed by atoms with Gasteiger partial charge in [-0.15, -0.1) is 0 Å². The summed E-state index contributed by atoms with van der Waals surface area (Å²) < 4.78 is 34.2. The third-order valence-electron chi connectivity index (χ3n) is 3.10. The maximum Gasteiger partial charge on any atom is 0.265 e. The highest BCUT2D eigenvalue weighted by Gasteiger charge is 2.22. The summed E-state index contributed by atoms with van der Waals surface area (Å²) in [4.78, 5) is -0.00338. The molecule has 0 aliphatic rings. The van der Waals surface area contributed by atoms with E-state index in [4.69, 9.17) is 10.5 Å². The number of rotatable bonds is 4. The third-order valence-corrected chi connectivity index (χ3v) is 4.49. The van der Waals surface area contributed by atoms with Crippen molar-refractivity contribution in [1.29, 1.82) is 0 Å². The van der Waals surface area contributed by atoms with Crippen molar-refractivity contribution in [3.8, 4) is 5.75 Å². The molecule has 1 heterocycles. The van der Waals surface area contributed by atoms with Crippen molar-refractivity contribution in [3.63, 3.8) is 0 Å². The molecule has 2 aromatic rings. The highest BCUT2D eigenvalue weighted by molar-refractivity contribution is 7.92. The average Bonchev–Trinajstić information content (AvgIpc) is 2.69. The summed E-state index contributed by atoms with van der Waals surface area (Å²) in [7, 11) is -0.679. The van der Waals surface area contributed by atoms with E-state index in [9.17, 15) is 8.42 Å². The van der Waals surface area contributed by atoms with Gasteiger partial charge in [0.2, 0.25) is 0 Å². The minimum Gasteiger partial charge on any atom is -0.495 e. The lowest BCUT2D eigenvalue weighted by atomic mass is 10.2. The van der Waals surface area contributed by atoms with Gasteiger partial charge in [-0.05, 0) is 31.5 Å². The number of aryl methyl sites for hydroxylation is 3. The zero-order chi connectivity index (χ0) is 15.8. The highest BCUT2D eigenvalue weighted by atomic mass is 32.2. The third kappa shape index (κ3) is 2.94. The number of ether oxygens (including phenoxy) is 1. The first-order chi connectivity index (χ1) is 9.74. The van der Waals surface area contributed by atoms with E-state index in [0.717, 1.165) is 5.56 Å². The summed E-state index contributed by atoms with van der Waals surface area (Å²) in [6.07, 6.45) is 1.59. The van der Waals surface area contributed by atoms with Gasteiger partial charge in [-0.1, -0.05) is 0 Å². The van der Waals surface area contributed by atoms with Crippen molar-refractivity contribution in [2.45, 2.75) is 18.7 Å². The van der Waals surface area contributed by atoms with E-state index in [2.05, 4.69) is 9.82 Å². The molecule has 0 spiro atoms. The highest BCUT2D eigenvalue weighted by Crippen LogP contribution is 2.30. The Kier molecular flexibility index (Phi) is 3.82. The van der Waals surface area contributed by atoms with Gasteiger partial charge in [0.25, 0.3) is 10.0 Å². The lowest BCUT2D eigenvalue weighted by Crippen LogP contribution is -2.15. The number of sulfonamides is 1. The molecular formula is C13H18N4O3S. The van der Waals surface area contributed by atoms with Gasteiger partial charge < -0.3 is 10.5 Å². The number of methoxy groups -OCH3 is 1. The van der Waals surface area contributed by atoms with Crippen LogP contribution >= 0.6 is 0 Å². The van der Waals surface area contributed by atoms with E-state index in [1.165, 1.54) is 17.9 Å². The van der Waals surface area contributed by atoms with Gasteiger partial charge in [0.1, 0.15) is 10.6 Å². The maximum absolute atomic E-state index is 12.5. The molecule has 0 unspecified atom stereocenters. The van der Waals surface area contributed by atoms with Crippen molar-refractivity contribution in [2.75, 3.05) is 17.6 Å². The van der Waals surface area contributed by atoms with Crippen LogP contribution in [0.15, 0.2) is 23.2 Å². The van der Waals surface area contributed by atoms with Crippen LogP contribution in [0, 0.1) is 13.8 Å². The number of nitrogen functional groups attached to an aromatic ring is 1. The summed E-state index contributed by atoms with van der Waals surface area (Å²) in [5.41, 5.74) is 7.94. The Labute approximate surface area is 123 Å². The molecule has 0 amide bonds. The van der Waals surface area contributed by atoms with E-state index in [0.29, 0.717) is 17.1 Å². The van der Waals surface area contributed by atoms with Crippen molar-refractivity contribution < 1.29 is 13.2 Å². The molecule has 0 bridgehead atoms. The minimum absolute atomic E-state index is 0.00338. The minimum atomic E-state index is -3.81. The van der Waals surface area contributed by atoms with Crippen molar-refractivity contribution in [2.24, 2.45) is 7.05 Å². The number of hydrogen-bond acceptors (Lipinski definition) is 5. The van der Waals surface area contributed by atoms with E-state index in [1.807, 2.05) is 0 Å². The molecule has 1 aromatic carbocycles. The second kappa shape index (κ2) is 5.28. The largest absolute Gasteiger partial charge is 0.495 e. The monoisotopic (exact) mass is 310 g/mol. The number of anilines is 2. The number of hydrogen-bond donors (Lipinski definition) is 2. The maximum atomic E-state index is 12.5.